The van der Waals surface area contributed by atoms with Crippen LogP contribution in [0.4, 0.5) is 13.2 Å². The Morgan fingerprint density at radius 1 is 1.00 bits per heavy atom. The average Bonchev–Trinajstić information content (AvgIpc) is 3.14. The standard InChI is InChI=1S/C24H25F3N2O/c25-24(26,27)22-12-19-20(10-5-11-21(19)28-22)23(30)17-8-4-9-18(23)15-29(14-17)13-16-6-2-1-3-7-16/h1-3,5-7,10-12,17-18,28,30H,4,8-9,13-15H2. The number of aliphatic hydroxyl groups is 1. The van der Waals surface area contributed by atoms with Gasteiger partial charge in [-0.1, -0.05) is 48.9 Å². The van der Waals surface area contributed by atoms with Crippen LogP contribution >= 0.6 is 0 Å². The van der Waals surface area contributed by atoms with Gasteiger partial charge in [0.2, 0.25) is 0 Å². The Bertz CT molecular complexity index is 1030. The highest BCUT2D eigenvalue weighted by molar-refractivity contribution is 5.85. The van der Waals surface area contributed by atoms with Crippen molar-refractivity contribution in [2.75, 3.05) is 13.1 Å². The van der Waals surface area contributed by atoms with Crippen molar-refractivity contribution in [2.24, 2.45) is 11.8 Å². The molecule has 2 atom stereocenters. The molecule has 1 aliphatic heterocycles. The zero-order valence-electron chi connectivity index (χ0n) is 16.6. The van der Waals surface area contributed by atoms with Crippen molar-refractivity contribution in [3.63, 3.8) is 0 Å². The summed E-state index contributed by atoms with van der Waals surface area (Å²) < 4.78 is 39.9. The predicted octanol–water partition coefficient (Wildman–Crippen LogP) is 5.31. The van der Waals surface area contributed by atoms with Crippen molar-refractivity contribution >= 4 is 10.9 Å². The molecule has 30 heavy (non-hydrogen) atoms. The van der Waals surface area contributed by atoms with Crippen molar-refractivity contribution in [1.29, 1.82) is 0 Å². The van der Waals surface area contributed by atoms with E-state index in [1.807, 2.05) is 24.3 Å². The van der Waals surface area contributed by atoms with Gasteiger partial charge in [0, 0.05) is 42.4 Å². The van der Waals surface area contributed by atoms with Crippen LogP contribution in [-0.2, 0) is 18.3 Å². The topological polar surface area (TPSA) is 39.3 Å². The Labute approximate surface area is 173 Å². The molecule has 6 heteroatoms. The number of likely N-dealkylation sites (tertiary alicyclic amines) is 1. The largest absolute Gasteiger partial charge is 0.431 e. The summed E-state index contributed by atoms with van der Waals surface area (Å²) in [6, 6.07) is 16.6. The van der Waals surface area contributed by atoms with Crippen LogP contribution in [0.15, 0.2) is 54.6 Å². The Kier molecular flexibility index (Phi) is 4.67. The zero-order chi connectivity index (χ0) is 20.9. The average molecular weight is 414 g/mol. The third kappa shape index (κ3) is 3.22. The van der Waals surface area contributed by atoms with Gasteiger partial charge in [0.1, 0.15) is 5.69 Å². The molecular weight excluding hydrogens is 389 g/mol. The van der Waals surface area contributed by atoms with Crippen LogP contribution in [0.2, 0.25) is 0 Å². The molecule has 2 bridgehead atoms. The van der Waals surface area contributed by atoms with E-state index < -0.39 is 17.5 Å². The van der Waals surface area contributed by atoms with Crippen molar-refractivity contribution < 1.29 is 18.3 Å². The summed E-state index contributed by atoms with van der Waals surface area (Å²) in [4.78, 5) is 4.88. The fourth-order valence-electron chi connectivity index (χ4n) is 5.61. The van der Waals surface area contributed by atoms with Gasteiger partial charge in [-0.05, 0) is 36.1 Å². The second kappa shape index (κ2) is 7.13. The second-order valence-electron chi connectivity index (χ2n) is 8.78. The number of alkyl halides is 3. The first-order valence-corrected chi connectivity index (χ1v) is 10.5. The molecule has 1 aliphatic carbocycles. The summed E-state index contributed by atoms with van der Waals surface area (Å²) in [6.07, 6.45) is -1.63. The summed E-state index contributed by atoms with van der Waals surface area (Å²) >= 11 is 0. The number of aromatic nitrogens is 1. The first-order valence-electron chi connectivity index (χ1n) is 10.5. The minimum Gasteiger partial charge on any atom is -0.384 e. The quantitative estimate of drug-likeness (QED) is 0.610. The summed E-state index contributed by atoms with van der Waals surface area (Å²) in [5, 5.41) is 12.5. The van der Waals surface area contributed by atoms with Crippen molar-refractivity contribution in [1.82, 2.24) is 9.88 Å². The van der Waals surface area contributed by atoms with Gasteiger partial charge in [-0.3, -0.25) is 4.90 Å². The van der Waals surface area contributed by atoms with E-state index in [4.69, 9.17) is 0 Å². The Morgan fingerprint density at radius 2 is 1.70 bits per heavy atom. The van der Waals surface area contributed by atoms with Crippen LogP contribution < -0.4 is 0 Å². The second-order valence-corrected chi connectivity index (χ2v) is 8.78. The Balaban J connectivity index is 1.51. The molecule has 2 fully saturated rings. The van der Waals surface area contributed by atoms with Crippen molar-refractivity contribution in [3.8, 4) is 0 Å². The monoisotopic (exact) mass is 414 g/mol. The van der Waals surface area contributed by atoms with Crippen molar-refractivity contribution in [3.05, 3.63) is 71.4 Å². The lowest BCUT2D eigenvalue weighted by Crippen LogP contribution is -2.57. The third-order valence-electron chi connectivity index (χ3n) is 6.96. The third-order valence-corrected chi connectivity index (χ3v) is 6.96. The molecule has 2 N–H and O–H groups in total. The van der Waals surface area contributed by atoms with Crippen molar-refractivity contribution in [2.45, 2.75) is 37.6 Å². The molecule has 2 heterocycles. The van der Waals surface area contributed by atoms with Gasteiger partial charge in [-0.25, -0.2) is 0 Å². The van der Waals surface area contributed by atoms with E-state index in [9.17, 15) is 18.3 Å². The van der Waals surface area contributed by atoms with Gasteiger partial charge >= 0.3 is 6.18 Å². The normalized spacial score (nSPS) is 27.5. The van der Waals surface area contributed by atoms with Gasteiger partial charge in [-0.15, -0.1) is 0 Å². The summed E-state index contributed by atoms with van der Waals surface area (Å²) in [5.41, 5.74) is 0.443. The van der Waals surface area contributed by atoms with Gasteiger partial charge in [-0.2, -0.15) is 13.2 Å². The number of hydrogen-bond acceptors (Lipinski definition) is 2. The number of H-pyrrole nitrogens is 1. The lowest BCUT2D eigenvalue weighted by molar-refractivity contribution is -0.147. The molecule has 1 saturated heterocycles. The van der Waals surface area contributed by atoms with Crippen LogP contribution in [0.3, 0.4) is 0 Å². The molecule has 2 unspecified atom stereocenters. The number of nitrogens with zero attached hydrogens (tertiary/aromatic N) is 1. The molecule has 3 nitrogen and oxygen atoms in total. The smallest absolute Gasteiger partial charge is 0.384 e. The number of fused-ring (bicyclic) bond motifs is 3. The molecule has 2 aliphatic rings. The van der Waals surface area contributed by atoms with E-state index in [-0.39, 0.29) is 11.8 Å². The minimum atomic E-state index is -4.44. The van der Waals surface area contributed by atoms with E-state index in [0.29, 0.717) is 16.5 Å². The Morgan fingerprint density at radius 3 is 2.37 bits per heavy atom. The maximum Gasteiger partial charge on any atom is 0.431 e. The summed E-state index contributed by atoms with van der Waals surface area (Å²) in [7, 11) is 0. The molecule has 1 aromatic heterocycles. The molecule has 2 aromatic carbocycles. The Hall–Kier alpha value is -2.31. The van der Waals surface area contributed by atoms with Crippen LogP contribution in [0.1, 0.15) is 36.1 Å². The zero-order valence-corrected chi connectivity index (χ0v) is 16.6. The molecule has 0 amide bonds. The number of aromatic amines is 1. The number of piperidine rings is 1. The SMILES string of the molecule is OC1(c2cccc3[nH]c(C(F)(F)F)cc23)C2CCCC1CN(Cc1ccccc1)C2. The highest BCUT2D eigenvalue weighted by Crippen LogP contribution is 2.51. The molecular formula is C24H25F3N2O. The van der Waals surface area contributed by atoms with Crippen LogP contribution in [0.25, 0.3) is 10.9 Å². The van der Waals surface area contributed by atoms with Crippen LogP contribution in [0, 0.1) is 11.8 Å². The number of nitrogens with one attached hydrogen (secondary N) is 1. The van der Waals surface area contributed by atoms with Gasteiger partial charge in [0.05, 0.1) is 5.60 Å². The van der Waals surface area contributed by atoms with E-state index in [1.165, 1.54) is 5.56 Å². The molecule has 0 radical (unpaired) electrons. The lowest BCUT2D eigenvalue weighted by atomic mass is 9.62. The van der Waals surface area contributed by atoms with Gasteiger partial charge in [0.25, 0.3) is 0 Å². The van der Waals surface area contributed by atoms with E-state index in [2.05, 4.69) is 22.0 Å². The van der Waals surface area contributed by atoms with E-state index in [1.54, 1.807) is 12.1 Å². The molecule has 158 valence electrons. The molecule has 1 saturated carbocycles. The number of benzene rings is 2. The number of hydrogen-bond donors (Lipinski definition) is 2. The number of halogens is 3. The van der Waals surface area contributed by atoms with E-state index in [0.717, 1.165) is 45.0 Å². The first-order chi connectivity index (χ1) is 14.4. The molecule has 3 aromatic rings. The highest BCUT2D eigenvalue weighted by Gasteiger charge is 2.52. The highest BCUT2D eigenvalue weighted by atomic mass is 19.4. The van der Waals surface area contributed by atoms with Crippen LogP contribution in [0.5, 0.6) is 0 Å². The van der Waals surface area contributed by atoms with Crippen LogP contribution in [-0.4, -0.2) is 28.1 Å². The number of rotatable bonds is 3. The lowest BCUT2D eigenvalue weighted by Gasteiger charge is -2.53. The fraction of sp³-hybridized carbons (Fsp3) is 0.417. The van der Waals surface area contributed by atoms with E-state index >= 15 is 0 Å². The molecule has 5 rings (SSSR count). The summed E-state index contributed by atoms with van der Waals surface area (Å²) in [5.74, 6) is 0.00657. The van der Waals surface area contributed by atoms with Gasteiger partial charge < -0.3 is 10.1 Å². The predicted molar refractivity (Wildman–Crippen MR) is 110 cm³/mol. The van der Waals surface area contributed by atoms with Gasteiger partial charge in [0.15, 0.2) is 0 Å². The fourth-order valence-corrected chi connectivity index (χ4v) is 5.61. The minimum absolute atomic E-state index is 0.00329. The molecule has 0 spiro atoms. The maximum atomic E-state index is 13.3. The maximum absolute atomic E-state index is 13.3. The first kappa shape index (κ1) is 19.6. The summed E-state index contributed by atoms with van der Waals surface area (Å²) in [6.45, 7) is 2.32.